The predicted molar refractivity (Wildman–Crippen MR) is 99.1 cm³/mol. The van der Waals surface area contributed by atoms with Gasteiger partial charge in [0.1, 0.15) is 5.01 Å². The van der Waals surface area contributed by atoms with Crippen LogP contribution in [0.25, 0.3) is 0 Å². The number of amides is 1. The van der Waals surface area contributed by atoms with Crippen molar-refractivity contribution in [3.63, 3.8) is 0 Å². The number of sulfonamides is 1. The van der Waals surface area contributed by atoms with Crippen LogP contribution >= 0.6 is 11.3 Å². The average molecular weight is 382 g/mol. The van der Waals surface area contributed by atoms with Crippen LogP contribution < -0.4 is 5.32 Å². The van der Waals surface area contributed by atoms with Crippen molar-refractivity contribution in [2.75, 3.05) is 14.1 Å². The number of hydrogen-bond donors (Lipinski definition) is 1. The molecule has 0 saturated heterocycles. The summed E-state index contributed by atoms with van der Waals surface area (Å²) in [6.45, 7) is 4.18. The van der Waals surface area contributed by atoms with Gasteiger partial charge in [0.05, 0.1) is 10.9 Å². The van der Waals surface area contributed by atoms with Crippen molar-refractivity contribution in [3.8, 4) is 0 Å². The first-order valence-electron chi connectivity index (χ1n) is 7.94. The van der Waals surface area contributed by atoms with Gasteiger partial charge in [-0.1, -0.05) is 13.8 Å². The molecule has 2 aromatic rings. The second kappa shape index (κ2) is 8.07. The van der Waals surface area contributed by atoms with Crippen LogP contribution in [0.2, 0.25) is 0 Å². The summed E-state index contributed by atoms with van der Waals surface area (Å²) in [4.78, 5) is 17.0. The number of carbonyl (C=O) groups excluding carboxylic acids is 1. The molecule has 0 radical (unpaired) electrons. The van der Waals surface area contributed by atoms with Gasteiger partial charge in [0.2, 0.25) is 10.0 Å². The average Bonchev–Trinajstić information content (AvgIpc) is 3.08. The molecule has 1 unspecified atom stereocenters. The number of thiazole rings is 1. The van der Waals surface area contributed by atoms with Crippen molar-refractivity contribution >= 4 is 27.3 Å². The number of hydrogen-bond acceptors (Lipinski definition) is 5. The van der Waals surface area contributed by atoms with Crippen LogP contribution in [0.1, 0.15) is 41.7 Å². The minimum Gasteiger partial charge on any atom is -0.343 e. The first kappa shape index (κ1) is 19.6. The van der Waals surface area contributed by atoms with E-state index in [0.717, 1.165) is 15.7 Å². The van der Waals surface area contributed by atoms with Crippen LogP contribution in [0.4, 0.5) is 0 Å². The van der Waals surface area contributed by atoms with E-state index in [1.165, 1.54) is 49.7 Å². The largest absolute Gasteiger partial charge is 0.343 e. The Balaban J connectivity index is 2.17. The molecule has 1 N–H and O–H groups in total. The van der Waals surface area contributed by atoms with Crippen molar-refractivity contribution in [2.45, 2.75) is 31.2 Å². The fourth-order valence-corrected chi connectivity index (χ4v) is 3.93. The monoisotopic (exact) mass is 381 g/mol. The summed E-state index contributed by atoms with van der Waals surface area (Å²) in [5.74, 6) is 0.163. The number of carbonyl (C=O) groups is 1. The SMILES string of the molecule is CC(C)CC(NC(=O)c1ccc(S(=O)(=O)N(C)C)cc1)c1nccs1. The first-order valence-corrected chi connectivity index (χ1v) is 10.3. The minimum atomic E-state index is -3.50. The quantitative estimate of drug-likeness (QED) is 0.800. The Morgan fingerprint density at radius 3 is 2.36 bits per heavy atom. The molecule has 1 amide bonds. The Kier molecular flexibility index (Phi) is 6.31. The molecule has 1 heterocycles. The van der Waals surface area contributed by atoms with Gasteiger partial charge in [0.15, 0.2) is 0 Å². The fraction of sp³-hybridized carbons (Fsp3) is 0.412. The molecular formula is C17H23N3O3S2. The highest BCUT2D eigenvalue weighted by atomic mass is 32.2. The summed E-state index contributed by atoms with van der Waals surface area (Å²) in [7, 11) is -0.555. The van der Waals surface area contributed by atoms with Crippen molar-refractivity contribution in [3.05, 3.63) is 46.4 Å². The molecular weight excluding hydrogens is 358 g/mol. The highest BCUT2D eigenvalue weighted by Crippen LogP contribution is 2.24. The molecule has 0 saturated carbocycles. The molecule has 0 aliphatic heterocycles. The zero-order valence-corrected chi connectivity index (χ0v) is 16.4. The van der Waals surface area contributed by atoms with Crippen molar-refractivity contribution in [1.29, 1.82) is 0 Å². The van der Waals surface area contributed by atoms with Crippen molar-refractivity contribution in [2.24, 2.45) is 5.92 Å². The van der Waals surface area contributed by atoms with Gasteiger partial charge in [-0.15, -0.1) is 11.3 Å². The summed E-state index contributed by atoms with van der Waals surface area (Å²) in [6.07, 6.45) is 2.51. The number of nitrogens with one attached hydrogen (secondary N) is 1. The fourth-order valence-electron chi connectivity index (χ4n) is 2.33. The van der Waals surface area contributed by atoms with E-state index in [0.29, 0.717) is 11.5 Å². The third-order valence-corrected chi connectivity index (χ3v) is 6.38. The van der Waals surface area contributed by atoms with E-state index in [1.807, 2.05) is 5.38 Å². The summed E-state index contributed by atoms with van der Waals surface area (Å²) < 4.78 is 25.3. The normalized spacial score (nSPS) is 13.2. The molecule has 2 rings (SSSR count). The zero-order chi connectivity index (χ0) is 18.6. The zero-order valence-electron chi connectivity index (χ0n) is 14.8. The van der Waals surface area contributed by atoms with Crippen molar-refractivity contribution < 1.29 is 13.2 Å². The van der Waals surface area contributed by atoms with Gasteiger partial charge in [0, 0.05) is 31.2 Å². The van der Waals surface area contributed by atoms with Crippen LogP contribution in [0.15, 0.2) is 40.7 Å². The van der Waals surface area contributed by atoms with Crippen LogP contribution in [-0.2, 0) is 10.0 Å². The molecule has 6 nitrogen and oxygen atoms in total. The van der Waals surface area contributed by atoms with E-state index in [1.54, 1.807) is 6.20 Å². The van der Waals surface area contributed by atoms with E-state index in [-0.39, 0.29) is 16.8 Å². The second-order valence-corrected chi connectivity index (χ2v) is 9.42. The Morgan fingerprint density at radius 2 is 1.88 bits per heavy atom. The Labute approximate surface area is 153 Å². The van der Waals surface area contributed by atoms with Crippen LogP contribution in [0, 0.1) is 5.92 Å². The Hall–Kier alpha value is -1.77. The summed E-state index contributed by atoms with van der Waals surface area (Å²) in [5, 5.41) is 5.75. The molecule has 0 bridgehead atoms. The number of rotatable bonds is 7. The Morgan fingerprint density at radius 1 is 1.24 bits per heavy atom. The van der Waals surface area contributed by atoms with E-state index >= 15 is 0 Å². The number of benzene rings is 1. The molecule has 8 heteroatoms. The predicted octanol–water partition coefficient (Wildman–Crippen LogP) is 2.91. The molecule has 0 spiro atoms. The number of nitrogens with zero attached hydrogens (tertiary/aromatic N) is 2. The van der Waals surface area contributed by atoms with Crippen LogP contribution in [0.5, 0.6) is 0 Å². The van der Waals surface area contributed by atoms with Gasteiger partial charge in [-0.05, 0) is 36.6 Å². The van der Waals surface area contributed by atoms with Gasteiger partial charge in [-0.2, -0.15) is 0 Å². The standard InChI is InChI=1S/C17H23N3O3S2/c1-12(2)11-15(17-18-9-10-24-17)19-16(21)13-5-7-14(8-6-13)25(22,23)20(3)4/h5-10,12,15H,11H2,1-4H3,(H,19,21). The van der Waals surface area contributed by atoms with Crippen LogP contribution in [-0.4, -0.2) is 37.7 Å². The van der Waals surface area contributed by atoms with E-state index in [9.17, 15) is 13.2 Å². The minimum absolute atomic E-state index is 0.155. The molecule has 1 aromatic carbocycles. The van der Waals surface area contributed by atoms with Crippen molar-refractivity contribution in [1.82, 2.24) is 14.6 Å². The summed E-state index contributed by atoms with van der Waals surface area (Å²) in [6, 6.07) is 5.80. The smallest absolute Gasteiger partial charge is 0.251 e. The molecule has 1 atom stereocenters. The summed E-state index contributed by atoms with van der Waals surface area (Å²) >= 11 is 1.51. The topological polar surface area (TPSA) is 79.4 Å². The number of aromatic nitrogens is 1. The molecule has 0 aliphatic carbocycles. The highest BCUT2D eigenvalue weighted by molar-refractivity contribution is 7.89. The second-order valence-electron chi connectivity index (χ2n) is 6.34. The van der Waals surface area contributed by atoms with Gasteiger partial charge in [-0.25, -0.2) is 17.7 Å². The molecule has 0 fully saturated rings. The maximum atomic E-state index is 12.5. The van der Waals surface area contributed by atoms with Gasteiger partial charge < -0.3 is 5.32 Å². The van der Waals surface area contributed by atoms with E-state index in [4.69, 9.17) is 0 Å². The molecule has 1 aromatic heterocycles. The lowest BCUT2D eigenvalue weighted by Gasteiger charge is -2.19. The van der Waals surface area contributed by atoms with Crippen LogP contribution in [0.3, 0.4) is 0 Å². The lowest BCUT2D eigenvalue weighted by Crippen LogP contribution is -2.29. The van der Waals surface area contributed by atoms with Gasteiger partial charge in [0.25, 0.3) is 5.91 Å². The molecule has 25 heavy (non-hydrogen) atoms. The third-order valence-electron chi connectivity index (χ3n) is 3.66. The maximum absolute atomic E-state index is 12.5. The van der Waals surface area contributed by atoms with Gasteiger partial charge >= 0.3 is 0 Å². The third kappa shape index (κ3) is 4.87. The van der Waals surface area contributed by atoms with E-state index in [2.05, 4.69) is 24.1 Å². The van der Waals surface area contributed by atoms with Gasteiger partial charge in [-0.3, -0.25) is 4.79 Å². The maximum Gasteiger partial charge on any atom is 0.251 e. The Bertz CT molecular complexity index is 798. The lowest BCUT2D eigenvalue weighted by atomic mass is 10.0. The lowest BCUT2D eigenvalue weighted by molar-refractivity contribution is 0.0932. The molecule has 136 valence electrons. The summed E-state index contributed by atoms with van der Waals surface area (Å²) in [5.41, 5.74) is 0.419. The molecule has 0 aliphatic rings. The highest BCUT2D eigenvalue weighted by Gasteiger charge is 2.21. The first-order chi connectivity index (χ1) is 11.7. The van der Waals surface area contributed by atoms with E-state index < -0.39 is 10.0 Å².